The summed E-state index contributed by atoms with van der Waals surface area (Å²) in [4.78, 5) is 8.48. The molecule has 0 bridgehead atoms. The van der Waals surface area contributed by atoms with Crippen molar-refractivity contribution in [2.24, 2.45) is 0 Å². The molecular weight excluding hydrogens is 292 g/mol. The van der Waals surface area contributed by atoms with E-state index in [1.54, 1.807) is 6.20 Å². The lowest BCUT2D eigenvalue weighted by Gasteiger charge is -1.97. The highest BCUT2D eigenvalue weighted by Gasteiger charge is 2.09. The largest absolute Gasteiger partial charge is 0.348 e. The summed E-state index contributed by atoms with van der Waals surface area (Å²) in [6, 6.07) is 3.83. The SMILES string of the molecule is S=c1nc(-c2cnc3ccc(Br)cn23)[nH]o1. The van der Waals surface area contributed by atoms with Crippen LogP contribution in [0.2, 0.25) is 0 Å². The van der Waals surface area contributed by atoms with Crippen LogP contribution in [-0.2, 0) is 0 Å². The molecule has 3 aromatic heterocycles. The first kappa shape index (κ1) is 9.73. The molecule has 0 aliphatic rings. The van der Waals surface area contributed by atoms with Crippen LogP contribution in [0.5, 0.6) is 0 Å². The fourth-order valence-corrected chi connectivity index (χ4v) is 1.94. The second-order valence-corrected chi connectivity index (χ2v) is 4.41. The number of pyridine rings is 1. The Kier molecular flexibility index (Phi) is 2.15. The quantitative estimate of drug-likeness (QED) is 0.702. The average molecular weight is 297 g/mol. The number of hydrogen-bond donors (Lipinski definition) is 1. The Morgan fingerprint density at radius 3 is 3.06 bits per heavy atom. The summed E-state index contributed by atoms with van der Waals surface area (Å²) >= 11 is 8.21. The zero-order valence-electron chi connectivity index (χ0n) is 7.85. The first-order valence-electron chi connectivity index (χ1n) is 4.42. The lowest BCUT2D eigenvalue weighted by atomic mass is 10.4. The lowest BCUT2D eigenvalue weighted by molar-refractivity contribution is 0.406. The van der Waals surface area contributed by atoms with Gasteiger partial charge in [-0.1, -0.05) is 0 Å². The smallest absolute Gasteiger partial charge is 0.314 e. The fourth-order valence-electron chi connectivity index (χ4n) is 1.47. The maximum atomic E-state index is 4.89. The van der Waals surface area contributed by atoms with Crippen molar-refractivity contribution in [2.45, 2.75) is 0 Å². The van der Waals surface area contributed by atoms with Crippen LogP contribution in [0.1, 0.15) is 0 Å². The number of H-pyrrole nitrogens is 1. The number of aromatic nitrogens is 4. The lowest BCUT2D eigenvalue weighted by Crippen LogP contribution is -1.89. The van der Waals surface area contributed by atoms with E-state index >= 15 is 0 Å². The highest BCUT2D eigenvalue weighted by molar-refractivity contribution is 9.10. The monoisotopic (exact) mass is 296 g/mol. The molecule has 0 aliphatic heterocycles. The molecule has 3 heterocycles. The zero-order valence-corrected chi connectivity index (χ0v) is 10.2. The van der Waals surface area contributed by atoms with Crippen molar-refractivity contribution in [1.82, 2.24) is 19.5 Å². The summed E-state index contributed by atoms with van der Waals surface area (Å²) in [5, 5.41) is 2.65. The van der Waals surface area contributed by atoms with Crippen LogP contribution < -0.4 is 0 Å². The van der Waals surface area contributed by atoms with Crippen molar-refractivity contribution >= 4 is 33.8 Å². The van der Waals surface area contributed by atoms with Gasteiger partial charge in [0.15, 0.2) is 5.82 Å². The van der Waals surface area contributed by atoms with Gasteiger partial charge in [-0.3, -0.25) is 4.40 Å². The third-order valence-corrected chi connectivity index (χ3v) is 2.79. The zero-order chi connectivity index (χ0) is 11.1. The molecular formula is C9H5BrN4OS. The number of rotatable bonds is 1. The van der Waals surface area contributed by atoms with Crippen LogP contribution in [0.4, 0.5) is 0 Å². The third kappa shape index (κ3) is 1.48. The molecule has 3 aromatic rings. The van der Waals surface area contributed by atoms with Gasteiger partial charge >= 0.3 is 4.84 Å². The van der Waals surface area contributed by atoms with E-state index in [1.807, 2.05) is 22.7 Å². The second kappa shape index (κ2) is 3.53. The van der Waals surface area contributed by atoms with Crippen LogP contribution in [0.15, 0.2) is 33.5 Å². The number of aromatic amines is 1. The van der Waals surface area contributed by atoms with Gasteiger partial charge in [0, 0.05) is 10.7 Å². The van der Waals surface area contributed by atoms with Gasteiger partial charge in [0.25, 0.3) is 0 Å². The Bertz CT molecular complexity index is 713. The first-order valence-corrected chi connectivity index (χ1v) is 5.63. The van der Waals surface area contributed by atoms with Crippen LogP contribution in [0, 0.1) is 4.84 Å². The molecule has 0 amide bonds. The van der Waals surface area contributed by atoms with Crippen molar-refractivity contribution in [1.29, 1.82) is 0 Å². The van der Waals surface area contributed by atoms with Crippen molar-refractivity contribution in [3.05, 3.63) is 33.8 Å². The van der Waals surface area contributed by atoms with E-state index in [0.717, 1.165) is 15.8 Å². The predicted molar refractivity (Wildman–Crippen MR) is 63.6 cm³/mol. The number of halogens is 1. The molecule has 0 saturated carbocycles. The summed E-state index contributed by atoms with van der Waals surface area (Å²) < 4.78 is 7.75. The first-order chi connectivity index (χ1) is 7.74. The maximum absolute atomic E-state index is 4.89. The summed E-state index contributed by atoms with van der Waals surface area (Å²) in [6.45, 7) is 0. The molecule has 0 atom stereocenters. The minimum atomic E-state index is 0.181. The van der Waals surface area contributed by atoms with Gasteiger partial charge < -0.3 is 4.52 Å². The number of fused-ring (bicyclic) bond motifs is 1. The van der Waals surface area contributed by atoms with E-state index in [4.69, 9.17) is 16.7 Å². The summed E-state index contributed by atoms with van der Waals surface area (Å²) in [7, 11) is 0. The highest BCUT2D eigenvalue weighted by atomic mass is 79.9. The third-order valence-electron chi connectivity index (χ3n) is 2.15. The minimum absolute atomic E-state index is 0.181. The van der Waals surface area contributed by atoms with Crippen molar-refractivity contribution in [3.63, 3.8) is 0 Å². The summed E-state index contributed by atoms with van der Waals surface area (Å²) in [5.74, 6) is 0.565. The van der Waals surface area contributed by atoms with Gasteiger partial charge in [0.2, 0.25) is 0 Å². The predicted octanol–water partition coefficient (Wildman–Crippen LogP) is 2.81. The Morgan fingerprint density at radius 2 is 2.31 bits per heavy atom. The van der Waals surface area contributed by atoms with Crippen LogP contribution in [-0.4, -0.2) is 19.5 Å². The summed E-state index contributed by atoms with van der Waals surface area (Å²) in [6.07, 6.45) is 3.62. The molecule has 0 spiro atoms. The number of imidazole rings is 1. The molecule has 7 heteroatoms. The molecule has 3 rings (SSSR count). The van der Waals surface area contributed by atoms with Crippen molar-refractivity contribution in [2.75, 3.05) is 0 Å². The van der Waals surface area contributed by atoms with Crippen molar-refractivity contribution in [3.8, 4) is 11.5 Å². The Hall–Kier alpha value is -1.47. The topological polar surface area (TPSA) is 59.1 Å². The molecule has 0 radical (unpaired) electrons. The van der Waals surface area contributed by atoms with Gasteiger partial charge in [-0.15, -0.1) is 0 Å². The Morgan fingerprint density at radius 1 is 1.44 bits per heavy atom. The summed E-state index contributed by atoms with van der Waals surface area (Å²) in [5.41, 5.74) is 1.64. The Balaban J connectivity index is 2.31. The van der Waals surface area contributed by atoms with Crippen LogP contribution in [0.3, 0.4) is 0 Å². The van der Waals surface area contributed by atoms with E-state index in [0.29, 0.717) is 5.82 Å². The van der Waals surface area contributed by atoms with E-state index in [9.17, 15) is 0 Å². The minimum Gasteiger partial charge on any atom is -0.348 e. The molecule has 0 aromatic carbocycles. The molecule has 0 aliphatic carbocycles. The van der Waals surface area contributed by atoms with E-state index in [2.05, 4.69) is 31.1 Å². The highest BCUT2D eigenvalue weighted by Crippen LogP contribution is 2.19. The van der Waals surface area contributed by atoms with Crippen molar-refractivity contribution < 1.29 is 4.52 Å². The number of hydrogen-bond acceptors (Lipinski definition) is 4. The molecule has 1 N–H and O–H groups in total. The van der Waals surface area contributed by atoms with Gasteiger partial charge in [0.1, 0.15) is 11.3 Å². The second-order valence-electron chi connectivity index (χ2n) is 3.15. The molecule has 16 heavy (non-hydrogen) atoms. The van der Waals surface area contributed by atoms with Gasteiger partial charge in [-0.05, 0) is 40.3 Å². The molecule has 80 valence electrons. The fraction of sp³-hybridized carbons (Fsp3) is 0. The van der Waals surface area contributed by atoms with Gasteiger partial charge in [-0.25, -0.2) is 4.98 Å². The van der Waals surface area contributed by atoms with Gasteiger partial charge in [-0.2, -0.15) is 10.1 Å². The molecule has 0 saturated heterocycles. The van der Waals surface area contributed by atoms with E-state index in [1.165, 1.54) is 0 Å². The maximum Gasteiger partial charge on any atom is 0.314 e. The van der Waals surface area contributed by atoms with Crippen LogP contribution >= 0.6 is 28.1 Å². The van der Waals surface area contributed by atoms with Gasteiger partial charge in [0.05, 0.1) is 6.20 Å². The molecule has 0 unspecified atom stereocenters. The standard InChI is InChI=1S/C9H5BrN4OS/c10-5-1-2-7-11-3-6(14(7)4-5)8-12-9(16)15-13-8/h1-4H,(H,12,13,16). The number of nitrogens with zero attached hydrogens (tertiary/aromatic N) is 3. The molecule has 5 nitrogen and oxygen atoms in total. The normalized spacial score (nSPS) is 11.1. The molecule has 0 fully saturated rings. The van der Waals surface area contributed by atoms with Crippen LogP contribution in [0.25, 0.3) is 17.2 Å². The Labute approximate surface area is 103 Å². The van der Waals surface area contributed by atoms with E-state index < -0.39 is 0 Å². The van der Waals surface area contributed by atoms with E-state index in [-0.39, 0.29) is 4.84 Å². The number of nitrogens with one attached hydrogen (secondary N) is 1. The average Bonchev–Trinajstić information content (AvgIpc) is 2.83.